The first kappa shape index (κ1) is 17.6. The second-order valence-corrected chi connectivity index (χ2v) is 5.21. The summed E-state index contributed by atoms with van der Waals surface area (Å²) >= 11 is 0. The number of ether oxygens (including phenoxy) is 1. The Hall–Kier alpha value is -2.74. The Balaban J connectivity index is 1.87. The summed E-state index contributed by atoms with van der Waals surface area (Å²) < 4.78 is 5.25. The van der Waals surface area contributed by atoms with Crippen molar-refractivity contribution in [1.29, 1.82) is 0 Å². The van der Waals surface area contributed by atoms with Crippen molar-refractivity contribution in [3.05, 3.63) is 40.4 Å². The zero-order valence-electron chi connectivity index (χ0n) is 13.6. The number of aromatic nitrogens is 2. The van der Waals surface area contributed by atoms with E-state index in [-0.39, 0.29) is 24.7 Å². The quantitative estimate of drug-likeness (QED) is 0.664. The van der Waals surface area contributed by atoms with Crippen molar-refractivity contribution >= 4 is 22.7 Å². The molecule has 0 saturated heterocycles. The summed E-state index contributed by atoms with van der Waals surface area (Å²) in [4.78, 5) is 42.0. The van der Waals surface area contributed by atoms with Crippen molar-refractivity contribution < 1.29 is 14.3 Å². The summed E-state index contributed by atoms with van der Waals surface area (Å²) in [5.41, 5.74) is 0.308. The summed E-state index contributed by atoms with van der Waals surface area (Å²) in [6, 6.07) is 6.32. The van der Waals surface area contributed by atoms with E-state index >= 15 is 0 Å². The minimum atomic E-state index is -0.639. The van der Waals surface area contributed by atoms with Crippen LogP contribution in [0.15, 0.2) is 29.1 Å². The number of nitrogens with zero attached hydrogens (tertiary/aromatic N) is 1. The van der Waals surface area contributed by atoms with Crippen LogP contribution in [0.5, 0.6) is 0 Å². The number of hydrogen-bond acceptors (Lipinski definition) is 5. The minimum absolute atomic E-state index is 0.0109. The fraction of sp³-hybridized carbons (Fsp3) is 0.375. The fourth-order valence-corrected chi connectivity index (χ4v) is 2.12. The first-order chi connectivity index (χ1) is 11.5. The maximum Gasteiger partial charge on any atom is 0.258 e. The van der Waals surface area contributed by atoms with Crippen LogP contribution in [0.2, 0.25) is 0 Å². The van der Waals surface area contributed by atoms with E-state index in [9.17, 15) is 14.4 Å². The molecule has 0 saturated carbocycles. The van der Waals surface area contributed by atoms with E-state index in [2.05, 4.69) is 20.6 Å². The third kappa shape index (κ3) is 4.63. The first-order valence-corrected chi connectivity index (χ1v) is 7.64. The number of H-pyrrole nitrogens is 1. The lowest BCUT2D eigenvalue weighted by atomic mass is 10.2. The molecule has 3 N–H and O–H groups in total. The van der Waals surface area contributed by atoms with Gasteiger partial charge in [-0.25, -0.2) is 4.98 Å². The molecule has 8 heteroatoms. The molecule has 1 heterocycles. The van der Waals surface area contributed by atoms with E-state index in [4.69, 9.17) is 4.74 Å². The summed E-state index contributed by atoms with van der Waals surface area (Å²) in [5, 5.41) is 5.63. The number of carbonyl (C=O) groups is 2. The predicted molar refractivity (Wildman–Crippen MR) is 88.3 cm³/mol. The molecule has 0 unspecified atom stereocenters. The van der Waals surface area contributed by atoms with Crippen LogP contribution in [0.1, 0.15) is 19.7 Å². The van der Waals surface area contributed by atoms with Crippen molar-refractivity contribution in [2.75, 3.05) is 13.2 Å². The van der Waals surface area contributed by atoms with Gasteiger partial charge in [0.25, 0.3) is 5.56 Å². The summed E-state index contributed by atoms with van der Waals surface area (Å²) in [5.74, 6) is -0.341. The molecule has 24 heavy (non-hydrogen) atoms. The summed E-state index contributed by atoms with van der Waals surface area (Å²) in [6.45, 7) is 3.64. The van der Waals surface area contributed by atoms with Crippen LogP contribution in [-0.2, 0) is 20.9 Å². The predicted octanol–water partition coefficient (Wildman–Crippen LogP) is 0.0805. The molecular weight excluding hydrogens is 312 g/mol. The maximum atomic E-state index is 11.9. The van der Waals surface area contributed by atoms with E-state index < -0.39 is 11.9 Å². The van der Waals surface area contributed by atoms with Crippen molar-refractivity contribution in [3.8, 4) is 0 Å². The smallest absolute Gasteiger partial charge is 0.258 e. The van der Waals surface area contributed by atoms with Gasteiger partial charge in [0.05, 0.1) is 10.9 Å². The molecule has 0 fully saturated rings. The molecule has 128 valence electrons. The van der Waals surface area contributed by atoms with E-state index in [1.54, 1.807) is 38.1 Å². The van der Waals surface area contributed by atoms with Gasteiger partial charge >= 0.3 is 0 Å². The highest BCUT2D eigenvalue weighted by Gasteiger charge is 2.14. The molecule has 8 nitrogen and oxygen atoms in total. The zero-order chi connectivity index (χ0) is 17.5. The van der Waals surface area contributed by atoms with Crippen molar-refractivity contribution in [2.24, 2.45) is 0 Å². The van der Waals surface area contributed by atoms with E-state index in [0.717, 1.165) is 0 Å². The Morgan fingerprint density at radius 3 is 2.83 bits per heavy atom. The highest BCUT2D eigenvalue weighted by Crippen LogP contribution is 2.05. The van der Waals surface area contributed by atoms with Crippen LogP contribution < -0.4 is 16.2 Å². The molecule has 1 aromatic carbocycles. The minimum Gasteiger partial charge on any atom is -0.364 e. The van der Waals surface area contributed by atoms with Gasteiger partial charge in [0, 0.05) is 6.54 Å². The number of fused-ring (bicyclic) bond motifs is 1. The lowest BCUT2D eigenvalue weighted by Gasteiger charge is -2.13. The van der Waals surface area contributed by atoms with Gasteiger partial charge in [-0.05, 0) is 26.0 Å². The van der Waals surface area contributed by atoms with Crippen LogP contribution in [0, 0.1) is 0 Å². The van der Waals surface area contributed by atoms with Gasteiger partial charge in [0.2, 0.25) is 11.8 Å². The monoisotopic (exact) mass is 332 g/mol. The molecule has 1 atom stereocenters. The molecule has 1 aromatic heterocycles. The van der Waals surface area contributed by atoms with E-state index in [1.807, 2.05) is 0 Å². The van der Waals surface area contributed by atoms with Gasteiger partial charge < -0.3 is 20.4 Å². The summed E-state index contributed by atoms with van der Waals surface area (Å²) in [7, 11) is 0. The first-order valence-electron chi connectivity index (χ1n) is 7.64. The van der Waals surface area contributed by atoms with Crippen LogP contribution >= 0.6 is 0 Å². The molecule has 0 aliphatic carbocycles. The standard InChI is InChI=1S/C16H20N4O4/c1-3-17-15(22)10(2)18-14(21)9-24-8-13-19-12-7-5-4-6-11(12)16(23)20-13/h4-7,10H,3,8-9H2,1-2H3,(H,17,22)(H,18,21)(H,19,20,23)/t10-/m0/s1. The molecule has 0 spiro atoms. The Labute approximate surface area is 138 Å². The third-order valence-corrected chi connectivity index (χ3v) is 3.26. The fourth-order valence-electron chi connectivity index (χ4n) is 2.12. The molecule has 2 aromatic rings. The van der Waals surface area contributed by atoms with Gasteiger partial charge in [-0.15, -0.1) is 0 Å². The molecular formula is C16H20N4O4. The normalized spacial score (nSPS) is 11.9. The van der Waals surface area contributed by atoms with Gasteiger partial charge in [-0.1, -0.05) is 12.1 Å². The number of para-hydroxylation sites is 1. The lowest BCUT2D eigenvalue weighted by molar-refractivity contribution is -0.131. The van der Waals surface area contributed by atoms with Crippen LogP contribution in [0.4, 0.5) is 0 Å². The van der Waals surface area contributed by atoms with Crippen LogP contribution in [-0.4, -0.2) is 41.0 Å². The molecule has 0 aliphatic heterocycles. The third-order valence-electron chi connectivity index (χ3n) is 3.26. The number of benzene rings is 1. The Kier molecular flexibility index (Phi) is 6.02. The summed E-state index contributed by atoms with van der Waals surface area (Å²) in [6.07, 6.45) is 0. The Morgan fingerprint density at radius 1 is 1.33 bits per heavy atom. The number of carbonyl (C=O) groups excluding carboxylic acids is 2. The Morgan fingerprint density at radius 2 is 2.08 bits per heavy atom. The largest absolute Gasteiger partial charge is 0.364 e. The van der Waals surface area contributed by atoms with Crippen molar-refractivity contribution in [3.63, 3.8) is 0 Å². The zero-order valence-corrected chi connectivity index (χ0v) is 13.6. The lowest BCUT2D eigenvalue weighted by Crippen LogP contribution is -2.45. The van der Waals surface area contributed by atoms with Gasteiger partial charge in [0.15, 0.2) is 0 Å². The second kappa shape index (κ2) is 8.21. The van der Waals surface area contributed by atoms with E-state index in [0.29, 0.717) is 23.3 Å². The number of hydrogen-bond donors (Lipinski definition) is 3. The second-order valence-electron chi connectivity index (χ2n) is 5.21. The average Bonchev–Trinajstić information content (AvgIpc) is 2.55. The van der Waals surface area contributed by atoms with Crippen molar-refractivity contribution in [2.45, 2.75) is 26.5 Å². The molecule has 0 bridgehead atoms. The number of rotatable bonds is 7. The average molecular weight is 332 g/mol. The van der Waals surface area contributed by atoms with Crippen LogP contribution in [0.25, 0.3) is 10.9 Å². The Bertz CT molecular complexity index is 787. The number of amides is 2. The molecule has 0 radical (unpaired) electrons. The van der Waals surface area contributed by atoms with E-state index in [1.165, 1.54) is 0 Å². The SMILES string of the molecule is CCNC(=O)[C@H](C)NC(=O)COCc1nc2ccccc2c(=O)[nH]1. The molecule has 2 rings (SSSR count). The van der Waals surface area contributed by atoms with Gasteiger partial charge in [0.1, 0.15) is 25.1 Å². The highest BCUT2D eigenvalue weighted by atomic mass is 16.5. The highest BCUT2D eigenvalue weighted by molar-refractivity contribution is 5.87. The topological polar surface area (TPSA) is 113 Å². The van der Waals surface area contributed by atoms with Gasteiger partial charge in [-0.3, -0.25) is 14.4 Å². The number of likely N-dealkylation sites (N-methyl/N-ethyl adjacent to an activating group) is 1. The maximum absolute atomic E-state index is 11.9. The van der Waals surface area contributed by atoms with Gasteiger partial charge in [-0.2, -0.15) is 0 Å². The van der Waals surface area contributed by atoms with Crippen LogP contribution in [0.3, 0.4) is 0 Å². The number of aromatic amines is 1. The number of nitrogens with one attached hydrogen (secondary N) is 3. The molecule has 2 amide bonds. The van der Waals surface area contributed by atoms with Crippen molar-refractivity contribution in [1.82, 2.24) is 20.6 Å². The molecule has 0 aliphatic rings.